The lowest BCUT2D eigenvalue weighted by Gasteiger charge is -2.38. The Kier molecular flexibility index (Phi) is 7.40. The standard InChI is InChI=1S/C30H35N5O3/c1-20-7-6-8-21(2)28(20)33-30(37)32-23-13-14-25(24(19-23)29(36)31-22-11-12-22)34-15-17-35(18-16-34)26-9-4-5-10-27(26)38-3/h4-10,13-14,19,22H,11-12,15-18H2,1-3H3,(H,31,36)(H2,32,33,37). The summed E-state index contributed by atoms with van der Waals surface area (Å²) >= 11 is 0. The first-order valence-electron chi connectivity index (χ1n) is 13.1. The van der Waals surface area contributed by atoms with E-state index in [0.717, 1.165) is 73.0 Å². The molecular weight excluding hydrogens is 478 g/mol. The molecule has 2 aliphatic rings. The van der Waals surface area contributed by atoms with Crippen molar-refractivity contribution in [2.45, 2.75) is 32.7 Å². The largest absolute Gasteiger partial charge is 0.495 e. The van der Waals surface area contributed by atoms with Crippen LogP contribution in [0.4, 0.5) is 27.5 Å². The van der Waals surface area contributed by atoms with E-state index < -0.39 is 0 Å². The molecule has 5 rings (SSSR count). The molecule has 198 valence electrons. The van der Waals surface area contributed by atoms with Crippen molar-refractivity contribution in [3.8, 4) is 5.75 Å². The number of methoxy groups -OCH3 is 1. The minimum atomic E-state index is -0.339. The van der Waals surface area contributed by atoms with Crippen LogP contribution in [0.1, 0.15) is 34.3 Å². The Balaban J connectivity index is 1.32. The molecule has 0 bridgehead atoms. The van der Waals surface area contributed by atoms with Crippen molar-refractivity contribution in [2.75, 3.05) is 53.7 Å². The van der Waals surface area contributed by atoms with E-state index in [9.17, 15) is 9.59 Å². The van der Waals surface area contributed by atoms with Crippen molar-refractivity contribution in [1.82, 2.24) is 5.32 Å². The third kappa shape index (κ3) is 5.69. The first-order valence-corrected chi connectivity index (χ1v) is 13.1. The van der Waals surface area contributed by atoms with E-state index in [-0.39, 0.29) is 18.0 Å². The molecule has 1 aliphatic heterocycles. The number of aryl methyl sites for hydroxylation is 2. The van der Waals surface area contributed by atoms with Crippen molar-refractivity contribution < 1.29 is 14.3 Å². The Labute approximate surface area is 224 Å². The van der Waals surface area contributed by atoms with E-state index in [1.54, 1.807) is 13.2 Å². The number of piperazine rings is 1. The topological polar surface area (TPSA) is 85.9 Å². The Hall–Kier alpha value is -4.20. The summed E-state index contributed by atoms with van der Waals surface area (Å²) in [7, 11) is 1.69. The number of para-hydroxylation sites is 3. The van der Waals surface area contributed by atoms with Gasteiger partial charge in [-0.25, -0.2) is 4.79 Å². The summed E-state index contributed by atoms with van der Waals surface area (Å²) in [6, 6.07) is 19.4. The van der Waals surface area contributed by atoms with Gasteiger partial charge < -0.3 is 30.5 Å². The van der Waals surface area contributed by atoms with Crippen molar-refractivity contribution in [3.63, 3.8) is 0 Å². The average Bonchev–Trinajstić information content (AvgIpc) is 3.75. The zero-order valence-electron chi connectivity index (χ0n) is 22.2. The molecule has 1 saturated carbocycles. The van der Waals surface area contributed by atoms with Gasteiger partial charge in [-0.2, -0.15) is 0 Å². The molecule has 0 aromatic heterocycles. The quantitative estimate of drug-likeness (QED) is 0.406. The van der Waals surface area contributed by atoms with Gasteiger partial charge >= 0.3 is 6.03 Å². The number of amides is 3. The second kappa shape index (κ2) is 11.0. The van der Waals surface area contributed by atoms with E-state index in [1.165, 1.54) is 0 Å². The predicted molar refractivity (Wildman–Crippen MR) is 153 cm³/mol. The van der Waals surface area contributed by atoms with Crippen LogP contribution in [0.25, 0.3) is 0 Å². The first-order chi connectivity index (χ1) is 18.4. The van der Waals surface area contributed by atoms with Crippen molar-refractivity contribution in [1.29, 1.82) is 0 Å². The van der Waals surface area contributed by atoms with Crippen LogP contribution >= 0.6 is 0 Å². The lowest BCUT2D eigenvalue weighted by Crippen LogP contribution is -2.47. The molecule has 8 nitrogen and oxygen atoms in total. The number of urea groups is 1. The fraction of sp³-hybridized carbons (Fsp3) is 0.333. The molecule has 0 atom stereocenters. The average molecular weight is 514 g/mol. The number of hydrogen-bond donors (Lipinski definition) is 3. The molecule has 1 heterocycles. The second-order valence-corrected chi connectivity index (χ2v) is 9.97. The van der Waals surface area contributed by atoms with Crippen LogP contribution in [-0.2, 0) is 0 Å². The van der Waals surface area contributed by atoms with Gasteiger partial charge in [0, 0.05) is 49.3 Å². The number of benzene rings is 3. The summed E-state index contributed by atoms with van der Waals surface area (Å²) in [5, 5.41) is 8.97. The molecular formula is C30H35N5O3. The van der Waals surface area contributed by atoms with E-state index >= 15 is 0 Å². The smallest absolute Gasteiger partial charge is 0.323 e. The summed E-state index contributed by atoms with van der Waals surface area (Å²) in [5.41, 5.74) is 5.89. The third-order valence-electron chi connectivity index (χ3n) is 7.18. The van der Waals surface area contributed by atoms with Crippen LogP contribution in [0.2, 0.25) is 0 Å². The molecule has 2 fully saturated rings. The maximum absolute atomic E-state index is 13.3. The molecule has 3 aromatic rings. The highest BCUT2D eigenvalue weighted by atomic mass is 16.5. The highest BCUT2D eigenvalue weighted by molar-refractivity contribution is 6.04. The van der Waals surface area contributed by atoms with Gasteiger partial charge in [-0.3, -0.25) is 4.79 Å². The van der Waals surface area contributed by atoms with Gasteiger partial charge in [0.1, 0.15) is 5.75 Å². The van der Waals surface area contributed by atoms with Crippen LogP contribution < -0.4 is 30.5 Å². The summed E-state index contributed by atoms with van der Waals surface area (Å²) < 4.78 is 5.55. The van der Waals surface area contributed by atoms with Gasteiger partial charge in [-0.15, -0.1) is 0 Å². The third-order valence-corrected chi connectivity index (χ3v) is 7.18. The lowest BCUT2D eigenvalue weighted by molar-refractivity contribution is 0.0951. The minimum absolute atomic E-state index is 0.103. The summed E-state index contributed by atoms with van der Waals surface area (Å²) in [6.07, 6.45) is 2.02. The molecule has 3 amide bonds. The van der Waals surface area contributed by atoms with Gasteiger partial charge in [0.2, 0.25) is 0 Å². The van der Waals surface area contributed by atoms with Crippen molar-refractivity contribution >= 4 is 34.7 Å². The fourth-order valence-corrected chi connectivity index (χ4v) is 4.93. The minimum Gasteiger partial charge on any atom is -0.495 e. The second-order valence-electron chi connectivity index (χ2n) is 9.97. The molecule has 3 aromatic carbocycles. The summed E-state index contributed by atoms with van der Waals surface area (Å²) in [4.78, 5) is 30.6. The number of ether oxygens (including phenoxy) is 1. The molecule has 0 unspecified atom stereocenters. The van der Waals surface area contributed by atoms with Crippen LogP contribution in [0, 0.1) is 13.8 Å². The maximum atomic E-state index is 13.3. The van der Waals surface area contributed by atoms with Crippen LogP contribution in [0.3, 0.4) is 0 Å². The normalized spacial score (nSPS) is 15.1. The van der Waals surface area contributed by atoms with Crippen molar-refractivity contribution in [2.24, 2.45) is 0 Å². The SMILES string of the molecule is COc1ccccc1N1CCN(c2ccc(NC(=O)Nc3c(C)cccc3C)cc2C(=O)NC2CC2)CC1. The van der Waals surface area contributed by atoms with Crippen LogP contribution in [0.15, 0.2) is 60.7 Å². The molecule has 0 spiro atoms. The number of nitrogens with one attached hydrogen (secondary N) is 3. The first kappa shape index (κ1) is 25.4. The highest BCUT2D eigenvalue weighted by Gasteiger charge is 2.28. The zero-order valence-corrected chi connectivity index (χ0v) is 22.2. The molecule has 38 heavy (non-hydrogen) atoms. The molecule has 1 saturated heterocycles. The Morgan fingerprint density at radius 2 is 1.47 bits per heavy atom. The number of carbonyl (C=O) groups is 2. The van der Waals surface area contributed by atoms with Crippen LogP contribution in [0.5, 0.6) is 5.75 Å². The lowest BCUT2D eigenvalue weighted by atomic mass is 10.1. The number of nitrogens with zero attached hydrogens (tertiary/aromatic N) is 2. The number of rotatable bonds is 7. The Bertz CT molecular complexity index is 1310. The van der Waals surface area contributed by atoms with E-state index in [1.807, 2.05) is 62.4 Å². The van der Waals surface area contributed by atoms with Gasteiger partial charge in [0.05, 0.1) is 18.4 Å². The van der Waals surface area contributed by atoms with Gasteiger partial charge in [0.15, 0.2) is 0 Å². The van der Waals surface area contributed by atoms with Gasteiger partial charge in [0.25, 0.3) is 5.91 Å². The zero-order chi connectivity index (χ0) is 26.6. The number of carbonyl (C=O) groups excluding carboxylic acids is 2. The predicted octanol–water partition coefficient (Wildman–Crippen LogP) is 5.17. The molecule has 0 radical (unpaired) electrons. The Morgan fingerprint density at radius 3 is 2.13 bits per heavy atom. The molecule has 3 N–H and O–H groups in total. The van der Waals surface area contributed by atoms with Crippen molar-refractivity contribution in [3.05, 3.63) is 77.4 Å². The fourth-order valence-electron chi connectivity index (χ4n) is 4.93. The van der Waals surface area contributed by atoms with E-state index in [4.69, 9.17) is 4.74 Å². The molecule has 1 aliphatic carbocycles. The number of hydrogen-bond acceptors (Lipinski definition) is 5. The van der Waals surface area contributed by atoms with E-state index in [0.29, 0.717) is 11.3 Å². The monoisotopic (exact) mass is 513 g/mol. The summed E-state index contributed by atoms with van der Waals surface area (Å²) in [5.74, 6) is 0.758. The molecule has 8 heteroatoms. The van der Waals surface area contributed by atoms with Crippen LogP contribution in [-0.4, -0.2) is 51.3 Å². The Morgan fingerprint density at radius 1 is 0.816 bits per heavy atom. The van der Waals surface area contributed by atoms with E-state index in [2.05, 4.69) is 31.8 Å². The maximum Gasteiger partial charge on any atom is 0.323 e. The highest BCUT2D eigenvalue weighted by Crippen LogP contribution is 2.31. The van der Waals surface area contributed by atoms with Gasteiger partial charge in [-0.05, 0) is 68.1 Å². The number of anilines is 4. The van der Waals surface area contributed by atoms with Gasteiger partial charge in [-0.1, -0.05) is 30.3 Å². The summed E-state index contributed by atoms with van der Waals surface area (Å²) in [6.45, 7) is 7.07.